The van der Waals surface area contributed by atoms with Gasteiger partial charge >= 0.3 is 0 Å². The highest BCUT2D eigenvalue weighted by Crippen LogP contribution is 2.64. The van der Waals surface area contributed by atoms with Crippen molar-refractivity contribution >= 4 is 0 Å². The average Bonchev–Trinajstić information content (AvgIpc) is 2.38. The summed E-state index contributed by atoms with van der Waals surface area (Å²) in [6.07, 6.45) is 12.3. The molecular weight excluding hydrogens is 234 g/mol. The summed E-state index contributed by atoms with van der Waals surface area (Å²) in [5.41, 5.74) is 6.57. The van der Waals surface area contributed by atoms with Gasteiger partial charge in [-0.2, -0.15) is 0 Å². The maximum atomic E-state index is 6.15. The monoisotopic (exact) mass is 257 g/mol. The number of aromatic nitrogens is 2. The van der Waals surface area contributed by atoms with Crippen LogP contribution in [0.5, 0.6) is 0 Å². The standard InChI is InChI=1S/C16H23N3/c17-10-14(15-18-2-1-3-19-15)16-7-11-4-12(8-16)6-13(5-11)9-16/h1-3,11-14H,4-10,17H2. The van der Waals surface area contributed by atoms with Crippen LogP contribution in [0.25, 0.3) is 0 Å². The largest absolute Gasteiger partial charge is 0.330 e. The van der Waals surface area contributed by atoms with E-state index in [9.17, 15) is 0 Å². The van der Waals surface area contributed by atoms with Crippen molar-refractivity contribution in [3.8, 4) is 0 Å². The molecule has 4 saturated carbocycles. The van der Waals surface area contributed by atoms with Crippen LogP contribution in [-0.4, -0.2) is 16.5 Å². The van der Waals surface area contributed by atoms with Gasteiger partial charge in [-0.25, -0.2) is 9.97 Å². The van der Waals surface area contributed by atoms with Crippen LogP contribution < -0.4 is 5.73 Å². The van der Waals surface area contributed by atoms with E-state index in [1.807, 2.05) is 18.5 Å². The van der Waals surface area contributed by atoms with Crippen LogP contribution in [0, 0.1) is 23.2 Å². The summed E-state index contributed by atoms with van der Waals surface area (Å²) in [5.74, 6) is 4.26. The molecule has 1 atom stereocenters. The third-order valence-electron chi connectivity index (χ3n) is 5.96. The first-order valence-corrected chi connectivity index (χ1v) is 7.76. The average molecular weight is 257 g/mol. The van der Waals surface area contributed by atoms with Gasteiger partial charge in [-0.3, -0.25) is 0 Å². The minimum atomic E-state index is 0.377. The van der Waals surface area contributed by atoms with Gasteiger partial charge in [0.15, 0.2) is 0 Å². The van der Waals surface area contributed by atoms with Gasteiger partial charge in [-0.05, 0) is 67.8 Å². The molecule has 0 saturated heterocycles. The first-order valence-electron chi connectivity index (χ1n) is 7.76. The molecule has 1 aromatic heterocycles. The molecule has 4 aliphatic rings. The summed E-state index contributed by atoms with van der Waals surface area (Å²) < 4.78 is 0. The van der Waals surface area contributed by atoms with E-state index in [0.717, 1.165) is 23.6 Å². The molecule has 3 nitrogen and oxygen atoms in total. The van der Waals surface area contributed by atoms with E-state index >= 15 is 0 Å². The molecule has 2 N–H and O–H groups in total. The normalized spacial score (nSPS) is 41.4. The summed E-state index contributed by atoms with van der Waals surface area (Å²) in [6, 6.07) is 1.90. The molecule has 1 heterocycles. The van der Waals surface area contributed by atoms with Crippen molar-refractivity contribution in [3.63, 3.8) is 0 Å². The van der Waals surface area contributed by atoms with Gasteiger partial charge in [0.05, 0.1) is 0 Å². The van der Waals surface area contributed by atoms with Crippen molar-refractivity contribution in [2.45, 2.75) is 44.4 Å². The summed E-state index contributed by atoms with van der Waals surface area (Å²) in [5, 5.41) is 0. The molecular formula is C16H23N3. The number of rotatable bonds is 3. The lowest BCUT2D eigenvalue weighted by Crippen LogP contribution is -2.50. The van der Waals surface area contributed by atoms with Crippen molar-refractivity contribution in [3.05, 3.63) is 24.3 Å². The van der Waals surface area contributed by atoms with Gasteiger partial charge in [0.25, 0.3) is 0 Å². The third-order valence-corrected chi connectivity index (χ3v) is 5.96. The SMILES string of the molecule is NCC(c1ncccn1)C12CC3CC(CC(C3)C1)C2. The lowest BCUT2D eigenvalue weighted by atomic mass is 9.46. The summed E-state index contributed by atoms with van der Waals surface area (Å²) in [7, 11) is 0. The van der Waals surface area contributed by atoms with Crippen molar-refractivity contribution in [1.29, 1.82) is 0 Å². The second kappa shape index (κ2) is 4.27. The van der Waals surface area contributed by atoms with Gasteiger partial charge in [0, 0.05) is 24.9 Å². The van der Waals surface area contributed by atoms with Gasteiger partial charge in [0.1, 0.15) is 5.82 Å². The fourth-order valence-corrected chi connectivity index (χ4v) is 5.72. The molecule has 4 fully saturated rings. The van der Waals surface area contributed by atoms with Crippen LogP contribution in [-0.2, 0) is 0 Å². The molecule has 4 aliphatic carbocycles. The fraction of sp³-hybridized carbons (Fsp3) is 0.750. The minimum Gasteiger partial charge on any atom is -0.330 e. The molecule has 0 amide bonds. The van der Waals surface area contributed by atoms with E-state index in [1.54, 1.807) is 0 Å². The molecule has 0 radical (unpaired) electrons. The Kier molecular flexibility index (Phi) is 2.66. The summed E-state index contributed by atoms with van der Waals surface area (Å²) in [6.45, 7) is 0.705. The Morgan fingerprint density at radius 1 is 1.05 bits per heavy atom. The number of nitrogens with two attached hydrogens (primary N) is 1. The number of hydrogen-bond donors (Lipinski definition) is 1. The van der Waals surface area contributed by atoms with Crippen molar-refractivity contribution in [2.75, 3.05) is 6.54 Å². The molecule has 19 heavy (non-hydrogen) atoms. The lowest BCUT2D eigenvalue weighted by molar-refractivity contribution is -0.0685. The predicted octanol–water partition coefficient (Wildman–Crippen LogP) is 2.74. The fourth-order valence-electron chi connectivity index (χ4n) is 5.72. The molecule has 5 rings (SSSR count). The highest BCUT2D eigenvalue weighted by Gasteiger charge is 2.54. The summed E-state index contributed by atoms with van der Waals surface area (Å²) in [4.78, 5) is 9.03. The smallest absolute Gasteiger partial charge is 0.133 e. The zero-order valence-corrected chi connectivity index (χ0v) is 11.5. The van der Waals surface area contributed by atoms with Gasteiger partial charge in [0.2, 0.25) is 0 Å². The molecule has 0 aliphatic heterocycles. The molecule has 0 aromatic carbocycles. The van der Waals surface area contributed by atoms with Crippen LogP contribution in [0.3, 0.4) is 0 Å². The Morgan fingerprint density at radius 2 is 1.58 bits per heavy atom. The number of hydrogen-bond acceptors (Lipinski definition) is 3. The van der Waals surface area contributed by atoms with Crippen LogP contribution in [0.1, 0.15) is 50.3 Å². The second-order valence-corrected chi connectivity index (χ2v) is 7.18. The molecule has 102 valence electrons. The first kappa shape index (κ1) is 11.8. The van der Waals surface area contributed by atoms with Crippen LogP contribution >= 0.6 is 0 Å². The first-order chi connectivity index (χ1) is 9.29. The maximum Gasteiger partial charge on any atom is 0.133 e. The van der Waals surface area contributed by atoms with E-state index in [4.69, 9.17) is 5.73 Å². The van der Waals surface area contributed by atoms with E-state index in [0.29, 0.717) is 17.9 Å². The number of nitrogens with zero attached hydrogens (tertiary/aromatic N) is 2. The van der Waals surface area contributed by atoms with E-state index in [1.165, 1.54) is 38.5 Å². The molecule has 4 bridgehead atoms. The Hall–Kier alpha value is -0.960. The molecule has 3 heteroatoms. The second-order valence-electron chi connectivity index (χ2n) is 7.18. The van der Waals surface area contributed by atoms with Crippen molar-refractivity contribution < 1.29 is 0 Å². The Morgan fingerprint density at radius 3 is 2.05 bits per heavy atom. The third kappa shape index (κ3) is 1.82. The van der Waals surface area contributed by atoms with Gasteiger partial charge in [-0.1, -0.05) is 0 Å². The Bertz CT molecular complexity index is 421. The van der Waals surface area contributed by atoms with Crippen molar-refractivity contribution in [2.24, 2.45) is 28.9 Å². The summed E-state index contributed by atoms with van der Waals surface area (Å²) >= 11 is 0. The van der Waals surface area contributed by atoms with Crippen LogP contribution in [0.4, 0.5) is 0 Å². The van der Waals surface area contributed by atoms with Crippen LogP contribution in [0.15, 0.2) is 18.5 Å². The Balaban J connectivity index is 1.70. The lowest BCUT2D eigenvalue weighted by Gasteiger charge is -2.59. The van der Waals surface area contributed by atoms with Gasteiger partial charge in [-0.15, -0.1) is 0 Å². The zero-order valence-electron chi connectivity index (χ0n) is 11.5. The topological polar surface area (TPSA) is 51.8 Å². The highest BCUT2D eigenvalue weighted by molar-refractivity contribution is 5.13. The van der Waals surface area contributed by atoms with E-state index < -0.39 is 0 Å². The van der Waals surface area contributed by atoms with E-state index in [2.05, 4.69) is 9.97 Å². The van der Waals surface area contributed by atoms with Crippen LogP contribution in [0.2, 0.25) is 0 Å². The zero-order chi connectivity index (χ0) is 12.9. The predicted molar refractivity (Wildman–Crippen MR) is 74.4 cm³/mol. The Labute approximate surface area is 115 Å². The van der Waals surface area contributed by atoms with E-state index in [-0.39, 0.29) is 0 Å². The molecule has 1 aromatic rings. The highest BCUT2D eigenvalue weighted by atomic mass is 14.9. The maximum absolute atomic E-state index is 6.15. The van der Waals surface area contributed by atoms with Gasteiger partial charge < -0.3 is 5.73 Å². The molecule has 0 spiro atoms. The quantitative estimate of drug-likeness (QED) is 0.906. The minimum absolute atomic E-state index is 0.377. The molecule has 1 unspecified atom stereocenters. The van der Waals surface area contributed by atoms with Crippen molar-refractivity contribution in [1.82, 2.24) is 9.97 Å².